The van der Waals surface area contributed by atoms with Crippen LogP contribution in [0.3, 0.4) is 0 Å². The Bertz CT molecular complexity index is 1580. The molecule has 0 saturated carbocycles. The van der Waals surface area contributed by atoms with Gasteiger partial charge in [0, 0.05) is 5.39 Å². The molecule has 1 aliphatic heterocycles. The van der Waals surface area contributed by atoms with Gasteiger partial charge in [-0.3, -0.25) is 9.13 Å². The first-order chi connectivity index (χ1) is 19.5. The van der Waals surface area contributed by atoms with E-state index in [1.165, 1.54) is 23.0 Å². The van der Waals surface area contributed by atoms with E-state index in [0.717, 1.165) is 11.6 Å². The molecule has 42 heavy (non-hydrogen) atoms. The van der Waals surface area contributed by atoms with E-state index in [4.69, 9.17) is 30.6 Å². The number of nitrogens with zero attached hydrogens (tertiary/aromatic N) is 3. The molecule has 3 heterocycles. The minimum Gasteiger partial charge on any atom is -0.387 e. The van der Waals surface area contributed by atoms with E-state index in [-0.39, 0.29) is 16.7 Å². The Hall–Kier alpha value is -1.90. The Balaban J connectivity index is 1.33. The Morgan fingerprint density at radius 1 is 1.14 bits per heavy atom. The molecule has 1 aromatic carbocycles. The van der Waals surface area contributed by atoms with Crippen LogP contribution in [0, 0.1) is 0 Å². The predicted octanol–water partition coefficient (Wildman–Crippen LogP) is 3.72. The summed E-state index contributed by atoms with van der Waals surface area (Å²) in [6.45, 7) is -0.764. The largest absolute Gasteiger partial charge is 0.416 e. The maximum Gasteiger partial charge on any atom is 0.416 e. The molecular formula is C24H27ClF3N3O9P2. The number of hydrogen-bond donors (Lipinski definition) is 5. The first kappa shape index (κ1) is 31.5. The van der Waals surface area contributed by atoms with Gasteiger partial charge in [0.1, 0.15) is 23.5 Å². The number of rotatable bonds is 9. The fourth-order valence-electron chi connectivity index (χ4n) is 5.47. The van der Waals surface area contributed by atoms with Crippen molar-refractivity contribution in [3.63, 3.8) is 0 Å². The standard InChI is InChI=1S/C24H27ClF3N3O9P2/c25-19-7-14(4-3-12-1-2-13-5-6-15(8-16(12)13)24(26,27)28)17-9-29-31(22(17)30-19)23-21(33)20(32)18(40-23)10-39-42(37,38)11-41(34,35)36/h5-9,12,18,20-21,23,32-33H,1-4,10-11H2,(H,37,38)(H2,34,35,36)/t12-,18+,20+,21+,23+/m0/s1. The van der Waals surface area contributed by atoms with E-state index in [9.17, 15) is 37.4 Å². The highest BCUT2D eigenvalue weighted by molar-refractivity contribution is 7.70. The summed E-state index contributed by atoms with van der Waals surface area (Å²) in [4.78, 5) is 31.9. The minimum absolute atomic E-state index is 0.0806. The first-order valence-electron chi connectivity index (χ1n) is 12.8. The number of aliphatic hydroxyl groups excluding tert-OH is 2. The zero-order chi connectivity index (χ0) is 30.6. The lowest BCUT2D eigenvalue weighted by atomic mass is 9.92. The van der Waals surface area contributed by atoms with Crippen molar-refractivity contribution >= 4 is 37.8 Å². The molecule has 5 rings (SSSR count). The first-order valence-corrected chi connectivity index (χ1v) is 16.7. The molecule has 1 unspecified atom stereocenters. The number of halogens is 4. The van der Waals surface area contributed by atoms with Crippen molar-refractivity contribution in [3.8, 4) is 0 Å². The number of pyridine rings is 1. The molecule has 6 atom stereocenters. The Morgan fingerprint density at radius 3 is 2.57 bits per heavy atom. The number of fused-ring (bicyclic) bond motifs is 2. The van der Waals surface area contributed by atoms with E-state index in [2.05, 4.69) is 10.1 Å². The van der Waals surface area contributed by atoms with Crippen LogP contribution in [-0.2, 0) is 37.4 Å². The number of aryl methyl sites for hydroxylation is 2. The lowest BCUT2D eigenvalue weighted by Gasteiger charge is -2.18. The van der Waals surface area contributed by atoms with Crippen molar-refractivity contribution in [3.05, 3.63) is 57.9 Å². The molecule has 2 aromatic heterocycles. The number of aromatic nitrogens is 3. The SMILES string of the molecule is O=P(O)(O)CP(=O)(O)OC[C@H]1O[C@@H](n2ncc3c(CC[C@@H]4CCc5ccc(C(F)(F)F)cc54)cc(Cl)nc32)[C@H](O)[C@@H]1O. The summed E-state index contributed by atoms with van der Waals surface area (Å²) in [5.41, 5.74) is 1.78. The van der Waals surface area contributed by atoms with Gasteiger partial charge in [-0.05, 0) is 66.5 Å². The van der Waals surface area contributed by atoms with Crippen LogP contribution in [0.5, 0.6) is 0 Å². The van der Waals surface area contributed by atoms with Gasteiger partial charge in [-0.25, -0.2) is 9.67 Å². The molecule has 1 fully saturated rings. The lowest BCUT2D eigenvalue weighted by Crippen LogP contribution is -2.33. The minimum atomic E-state index is -4.87. The smallest absolute Gasteiger partial charge is 0.387 e. The molecule has 230 valence electrons. The van der Waals surface area contributed by atoms with E-state index in [1.807, 2.05) is 0 Å². The van der Waals surface area contributed by atoms with Gasteiger partial charge in [0.15, 0.2) is 17.8 Å². The van der Waals surface area contributed by atoms with Gasteiger partial charge in [0.2, 0.25) is 0 Å². The average molecular weight is 656 g/mol. The van der Waals surface area contributed by atoms with Crippen molar-refractivity contribution in [2.24, 2.45) is 0 Å². The molecule has 0 amide bonds. The van der Waals surface area contributed by atoms with Crippen molar-refractivity contribution in [1.82, 2.24) is 14.8 Å². The molecule has 0 spiro atoms. The summed E-state index contributed by atoms with van der Waals surface area (Å²) >= 11 is 6.28. The Morgan fingerprint density at radius 2 is 1.88 bits per heavy atom. The van der Waals surface area contributed by atoms with Crippen molar-refractivity contribution < 1.29 is 56.5 Å². The van der Waals surface area contributed by atoms with Crippen LogP contribution < -0.4 is 0 Å². The van der Waals surface area contributed by atoms with Crippen LogP contribution in [0.2, 0.25) is 5.15 Å². The molecule has 3 aromatic rings. The second-order valence-electron chi connectivity index (χ2n) is 10.4. The van der Waals surface area contributed by atoms with Crippen molar-refractivity contribution in [2.45, 2.75) is 62.3 Å². The highest BCUT2D eigenvalue weighted by Gasteiger charge is 2.46. The molecular weight excluding hydrogens is 629 g/mol. The molecule has 5 N–H and O–H groups in total. The van der Waals surface area contributed by atoms with E-state index < -0.39 is 64.0 Å². The highest BCUT2D eigenvalue weighted by atomic mass is 35.5. The van der Waals surface area contributed by atoms with E-state index >= 15 is 0 Å². The van der Waals surface area contributed by atoms with Crippen LogP contribution in [0.4, 0.5) is 13.2 Å². The molecule has 1 saturated heterocycles. The van der Waals surface area contributed by atoms with Gasteiger partial charge in [0.05, 0.1) is 18.4 Å². The van der Waals surface area contributed by atoms with Crippen LogP contribution >= 0.6 is 26.8 Å². The van der Waals surface area contributed by atoms with Crippen LogP contribution in [0.15, 0.2) is 30.5 Å². The maximum absolute atomic E-state index is 13.3. The second kappa shape index (κ2) is 11.6. The summed E-state index contributed by atoms with van der Waals surface area (Å²) in [5.74, 6) is -1.52. The van der Waals surface area contributed by atoms with Gasteiger partial charge in [-0.2, -0.15) is 18.3 Å². The fraction of sp³-hybridized carbons (Fsp3) is 0.500. The lowest BCUT2D eigenvalue weighted by molar-refractivity contribution is -0.137. The Labute approximate surface area is 241 Å². The highest BCUT2D eigenvalue weighted by Crippen LogP contribution is 2.55. The third kappa shape index (κ3) is 6.76. The van der Waals surface area contributed by atoms with Gasteiger partial charge >= 0.3 is 21.4 Å². The van der Waals surface area contributed by atoms with Gasteiger partial charge < -0.3 is 34.2 Å². The number of aliphatic hydroxyl groups is 2. The molecule has 1 aliphatic carbocycles. The van der Waals surface area contributed by atoms with Gasteiger partial charge in [0.25, 0.3) is 0 Å². The normalized spacial score (nSPS) is 26.1. The van der Waals surface area contributed by atoms with Crippen molar-refractivity contribution in [1.29, 1.82) is 0 Å². The predicted molar refractivity (Wildman–Crippen MR) is 142 cm³/mol. The van der Waals surface area contributed by atoms with Crippen LogP contribution in [0.1, 0.15) is 47.2 Å². The van der Waals surface area contributed by atoms with Crippen molar-refractivity contribution in [2.75, 3.05) is 12.5 Å². The summed E-state index contributed by atoms with van der Waals surface area (Å²) in [5, 5.41) is 26.0. The third-order valence-corrected chi connectivity index (χ3v) is 11.1. The number of hydrogen-bond acceptors (Lipinski definition) is 8. The third-order valence-electron chi connectivity index (χ3n) is 7.44. The topological polar surface area (TPSA) is 184 Å². The van der Waals surface area contributed by atoms with E-state index in [1.54, 1.807) is 6.07 Å². The molecule has 0 bridgehead atoms. The number of benzene rings is 1. The van der Waals surface area contributed by atoms with Crippen LogP contribution in [0.25, 0.3) is 11.0 Å². The average Bonchev–Trinajstić information content (AvgIpc) is 3.55. The summed E-state index contributed by atoms with van der Waals surface area (Å²) in [6.07, 6.45) is -6.53. The van der Waals surface area contributed by atoms with Crippen LogP contribution in [-0.4, -0.2) is 70.5 Å². The molecule has 18 heteroatoms. The van der Waals surface area contributed by atoms with Gasteiger partial charge in [-0.1, -0.05) is 17.7 Å². The van der Waals surface area contributed by atoms with E-state index in [0.29, 0.717) is 42.2 Å². The zero-order valence-corrected chi connectivity index (χ0v) is 24.2. The number of ether oxygens (including phenoxy) is 1. The van der Waals surface area contributed by atoms with Gasteiger partial charge in [-0.15, -0.1) is 0 Å². The maximum atomic E-state index is 13.3. The Kier molecular flexibility index (Phi) is 8.67. The quantitative estimate of drug-likeness (QED) is 0.167. The molecule has 12 nitrogen and oxygen atoms in total. The second-order valence-corrected chi connectivity index (χ2v) is 14.8. The summed E-state index contributed by atoms with van der Waals surface area (Å²) < 4.78 is 74.4. The number of alkyl halides is 3. The molecule has 2 aliphatic rings. The zero-order valence-electron chi connectivity index (χ0n) is 21.6. The summed E-state index contributed by atoms with van der Waals surface area (Å²) in [6, 6.07) is 5.46. The fourth-order valence-corrected chi connectivity index (χ4v) is 8.25. The molecule has 0 radical (unpaired) electrons. The monoisotopic (exact) mass is 655 g/mol. The summed E-state index contributed by atoms with van der Waals surface area (Å²) in [7, 11) is -9.61.